The van der Waals surface area contributed by atoms with Crippen molar-refractivity contribution in [3.8, 4) is 0 Å². The van der Waals surface area contributed by atoms with Crippen LogP contribution in [0.5, 0.6) is 0 Å². The highest BCUT2D eigenvalue weighted by Crippen LogP contribution is 2.25. The number of hydrogen-bond acceptors (Lipinski definition) is 4. The third-order valence-electron chi connectivity index (χ3n) is 3.74. The third-order valence-corrected chi connectivity index (χ3v) is 4.32. The number of carbonyl (C=O) groups excluding carboxylic acids is 1. The van der Waals surface area contributed by atoms with Gasteiger partial charge in [0.15, 0.2) is 0 Å². The molecule has 0 saturated carbocycles. The molecule has 0 bridgehead atoms. The van der Waals surface area contributed by atoms with E-state index in [0.29, 0.717) is 23.0 Å². The summed E-state index contributed by atoms with van der Waals surface area (Å²) in [6.45, 7) is 2.33. The Morgan fingerprint density at radius 3 is 2.86 bits per heavy atom. The van der Waals surface area contributed by atoms with Gasteiger partial charge in [0.05, 0.1) is 7.11 Å². The highest BCUT2D eigenvalue weighted by atomic mass is 35.5. The van der Waals surface area contributed by atoms with Gasteiger partial charge in [-0.05, 0) is 30.0 Å². The van der Waals surface area contributed by atoms with Gasteiger partial charge >= 0.3 is 5.97 Å². The van der Waals surface area contributed by atoms with Crippen LogP contribution in [-0.4, -0.2) is 37.1 Å². The van der Waals surface area contributed by atoms with E-state index >= 15 is 0 Å². The molecule has 0 radical (unpaired) electrons. The number of nitrogens with two attached hydrogens (primary N) is 1. The summed E-state index contributed by atoms with van der Waals surface area (Å²) in [5, 5.41) is 1.29. The molecule has 1 aromatic carbocycles. The van der Waals surface area contributed by atoms with Crippen molar-refractivity contribution in [3.63, 3.8) is 0 Å². The van der Waals surface area contributed by atoms with E-state index in [-0.39, 0.29) is 17.9 Å². The number of nitrogens with zero attached hydrogens (tertiary/aromatic N) is 1. The van der Waals surface area contributed by atoms with Gasteiger partial charge in [-0.2, -0.15) is 0 Å². The van der Waals surface area contributed by atoms with Gasteiger partial charge < -0.3 is 10.5 Å². The van der Waals surface area contributed by atoms with Crippen LogP contribution in [0.4, 0.5) is 0 Å². The summed E-state index contributed by atoms with van der Waals surface area (Å²) in [5.41, 5.74) is 7.12. The van der Waals surface area contributed by atoms with Crippen LogP contribution in [0.1, 0.15) is 18.4 Å². The average molecular weight is 331 g/mol. The fraction of sp³-hybridized carbons (Fsp3) is 0.533. The molecule has 0 aromatic heterocycles. The molecule has 1 aliphatic rings. The molecule has 21 heavy (non-hydrogen) atoms. The lowest BCUT2D eigenvalue weighted by molar-refractivity contribution is -0.142. The Morgan fingerprint density at radius 2 is 2.19 bits per heavy atom. The molecule has 2 rings (SSSR count). The third kappa shape index (κ3) is 4.85. The Balaban J connectivity index is 2.00. The molecular formula is C15H20Cl2N2O2. The lowest BCUT2D eigenvalue weighted by Gasteiger charge is -2.36. The minimum Gasteiger partial charge on any atom is -0.469 e. The maximum atomic E-state index is 11.4. The number of carbonyl (C=O) groups is 1. The predicted molar refractivity (Wildman–Crippen MR) is 84.5 cm³/mol. The van der Waals surface area contributed by atoms with Crippen molar-refractivity contribution in [1.29, 1.82) is 0 Å². The Labute approximate surface area is 135 Å². The van der Waals surface area contributed by atoms with E-state index in [9.17, 15) is 4.79 Å². The molecule has 4 nitrogen and oxygen atoms in total. The maximum absolute atomic E-state index is 11.4. The van der Waals surface area contributed by atoms with Crippen molar-refractivity contribution in [2.75, 3.05) is 20.2 Å². The van der Waals surface area contributed by atoms with Crippen LogP contribution in [0.25, 0.3) is 0 Å². The fourth-order valence-electron chi connectivity index (χ4n) is 2.84. The van der Waals surface area contributed by atoms with Crippen LogP contribution in [0, 0.1) is 5.92 Å². The number of esters is 1. The second-order valence-corrected chi connectivity index (χ2v) is 6.42. The second-order valence-electron chi connectivity index (χ2n) is 5.57. The standard InChI is InChI=1S/C15H20Cl2N2O2/c1-21-15(20)5-10-4-13(18)9-19(7-10)8-11-2-3-12(16)6-14(11)17/h2-3,6,10,13H,4-5,7-9,18H2,1H3. The topological polar surface area (TPSA) is 55.6 Å². The normalized spacial score (nSPS) is 23.0. The smallest absolute Gasteiger partial charge is 0.305 e. The minimum absolute atomic E-state index is 0.0690. The number of rotatable bonds is 4. The SMILES string of the molecule is COC(=O)CC1CC(N)CN(Cc2ccc(Cl)cc2Cl)C1. The summed E-state index contributed by atoms with van der Waals surface area (Å²) < 4.78 is 4.74. The number of likely N-dealkylation sites (tertiary alicyclic amines) is 1. The summed E-state index contributed by atoms with van der Waals surface area (Å²) in [7, 11) is 1.41. The lowest BCUT2D eigenvalue weighted by atomic mass is 9.91. The average Bonchev–Trinajstić information content (AvgIpc) is 2.41. The van der Waals surface area contributed by atoms with Gasteiger partial charge in [0.2, 0.25) is 0 Å². The molecule has 1 aromatic rings. The van der Waals surface area contributed by atoms with Gasteiger partial charge in [-0.3, -0.25) is 9.69 Å². The molecular weight excluding hydrogens is 311 g/mol. The highest BCUT2D eigenvalue weighted by molar-refractivity contribution is 6.35. The van der Waals surface area contributed by atoms with Crippen molar-refractivity contribution in [3.05, 3.63) is 33.8 Å². The van der Waals surface area contributed by atoms with E-state index < -0.39 is 0 Å². The molecule has 1 saturated heterocycles. The van der Waals surface area contributed by atoms with E-state index in [2.05, 4.69) is 4.90 Å². The van der Waals surface area contributed by atoms with Crippen LogP contribution in [0.3, 0.4) is 0 Å². The van der Waals surface area contributed by atoms with Crippen LogP contribution in [-0.2, 0) is 16.1 Å². The summed E-state index contributed by atoms with van der Waals surface area (Å²) in [6, 6.07) is 5.58. The minimum atomic E-state index is -0.182. The Bertz CT molecular complexity index is 510. The molecule has 2 N–H and O–H groups in total. The molecule has 2 atom stereocenters. The number of piperidine rings is 1. The second kappa shape index (κ2) is 7.45. The van der Waals surface area contributed by atoms with Crippen molar-refractivity contribution in [1.82, 2.24) is 4.90 Å². The maximum Gasteiger partial charge on any atom is 0.305 e. The van der Waals surface area contributed by atoms with Crippen LogP contribution in [0.2, 0.25) is 10.0 Å². The van der Waals surface area contributed by atoms with Gasteiger partial charge in [-0.15, -0.1) is 0 Å². The summed E-state index contributed by atoms with van der Waals surface area (Å²) in [5.74, 6) is 0.0471. The van der Waals surface area contributed by atoms with Crippen LogP contribution >= 0.6 is 23.2 Å². The zero-order valence-electron chi connectivity index (χ0n) is 12.0. The van der Waals surface area contributed by atoms with Gasteiger partial charge in [0, 0.05) is 42.1 Å². The van der Waals surface area contributed by atoms with Gasteiger partial charge in [-0.1, -0.05) is 29.3 Å². The van der Waals surface area contributed by atoms with E-state index in [0.717, 1.165) is 25.1 Å². The fourth-order valence-corrected chi connectivity index (χ4v) is 3.30. The first-order valence-electron chi connectivity index (χ1n) is 6.96. The lowest BCUT2D eigenvalue weighted by Crippen LogP contribution is -2.47. The molecule has 0 spiro atoms. The first-order valence-corrected chi connectivity index (χ1v) is 7.72. The molecule has 2 unspecified atom stereocenters. The van der Waals surface area contributed by atoms with Gasteiger partial charge in [0.1, 0.15) is 0 Å². The Kier molecular flexibility index (Phi) is 5.88. The molecule has 0 amide bonds. The van der Waals surface area contributed by atoms with Crippen LogP contribution < -0.4 is 5.73 Å². The molecule has 1 heterocycles. The largest absolute Gasteiger partial charge is 0.469 e. The van der Waals surface area contributed by atoms with Crippen molar-refractivity contribution in [2.45, 2.75) is 25.4 Å². The van der Waals surface area contributed by atoms with Crippen LogP contribution in [0.15, 0.2) is 18.2 Å². The van der Waals surface area contributed by atoms with E-state index in [1.165, 1.54) is 7.11 Å². The molecule has 0 aliphatic carbocycles. The number of hydrogen-bond donors (Lipinski definition) is 1. The molecule has 1 fully saturated rings. The Hall–Kier alpha value is -0.810. The first-order chi connectivity index (χ1) is 9.97. The van der Waals surface area contributed by atoms with E-state index in [1.807, 2.05) is 12.1 Å². The molecule has 116 valence electrons. The number of methoxy groups -OCH3 is 1. The predicted octanol–water partition coefficient (Wildman–Crippen LogP) is 2.71. The van der Waals surface area contributed by atoms with E-state index in [4.69, 9.17) is 33.7 Å². The zero-order chi connectivity index (χ0) is 15.4. The van der Waals surface area contributed by atoms with Crippen molar-refractivity contribution in [2.24, 2.45) is 11.7 Å². The number of ether oxygens (including phenoxy) is 1. The van der Waals surface area contributed by atoms with Gasteiger partial charge in [0.25, 0.3) is 0 Å². The number of halogens is 2. The Morgan fingerprint density at radius 1 is 1.43 bits per heavy atom. The summed E-state index contributed by atoms with van der Waals surface area (Å²) >= 11 is 12.1. The molecule has 6 heteroatoms. The quantitative estimate of drug-likeness (QED) is 0.862. The molecule has 1 aliphatic heterocycles. The first kappa shape index (κ1) is 16.6. The summed E-state index contributed by atoms with van der Waals surface area (Å²) in [6.07, 6.45) is 1.26. The highest BCUT2D eigenvalue weighted by Gasteiger charge is 2.27. The zero-order valence-corrected chi connectivity index (χ0v) is 13.5. The van der Waals surface area contributed by atoms with E-state index in [1.54, 1.807) is 6.07 Å². The van der Waals surface area contributed by atoms with Crippen molar-refractivity contribution < 1.29 is 9.53 Å². The van der Waals surface area contributed by atoms with Crippen molar-refractivity contribution >= 4 is 29.2 Å². The number of benzene rings is 1. The van der Waals surface area contributed by atoms with Gasteiger partial charge in [-0.25, -0.2) is 0 Å². The summed E-state index contributed by atoms with van der Waals surface area (Å²) in [4.78, 5) is 13.7. The monoisotopic (exact) mass is 330 g/mol.